The molecule has 5 aromatic carbocycles. The largest absolute Gasteiger partial charge is 0.493 e. The number of thioether (sulfide) groups is 1. The Balaban J connectivity index is 1.05. The number of amides is 4. The number of hydrogen-bond donors (Lipinski definition) is 2. The van der Waals surface area contributed by atoms with Crippen molar-refractivity contribution < 1.29 is 38.1 Å². The highest BCUT2D eigenvalue weighted by atomic mass is 35.5. The molecule has 2 aliphatic heterocycles. The van der Waals surface area contributed by atoms with Crippen LogP contribution in [0.5, 0.6) is 28.7 Å². The number of halogens is 1. The van der Waals surface area contributed by atoms with Crippen molar-refractivity contribution in [2.45, 2.75) is 16.6 Å². The number of benzene rings is 5. The Morgan fingerprint density at radius 1 is 0.887 bits per heavy atom. The van der Waals surface area contributed by atoms with E-state index >= 15 is 0 Å². The molecule has 0 bridgehead atoms. The minimum atomic E-state index is -0.681. The lowest BCUT2D eigenvalue weighted by Gasteiger charge is -2.16. The number of imide groups is 1. The van der Waals surface area contributed by atoms with Crippen LogP contribution in [-0.2, 0) is 14.4 Å². The van der Waals surface area contributed by atoms with Crippen LogP contribution in [0.4, 0.5) is 11.4 Å². The van der Waals surface area contributed by atoms with Gasteiger partial charge in [-0.05, 0) is 103 Å². The molecule has 5 aromatic rings. The first-order valence-corrected chi connectivity index (χ1v) is 17.5. The lowest BCUT2D eigenvalue weighted by molar-refractivity contribution is -0.121. The fraction of sp³-hybridized carbons (Fsp3) is 0.100. The van der Waals surface area contributed by atoms with Crippen molar-refractivity contribution in [3.63, 3.8) is 0 Å². The maximum atomic E-state index is 13.8. The number of nitrogens with zero attached hydrogens (tertiary/aromatic N) is 1. The maximum absolute atomic E-state index is 13.8. The van der Waals surface area contributed by atoms with Gasteiger partial charge in [0.05, 0.1) is 18.0 Å². The standard InChI is InChI=1S/C40H30ClN3O8S/c1-49-33-19-24(20-34-37(33)51-23-50-34)18-32(43-38(46)25-6-3-2-4-7-25)39(47)42-27-8-5-9-31(21-27)53-35-22-36(45)44(40(35)48)28-12-16-30(17-13-28)52-29-14-10-26(41)11-15-29/h2-21,35H,22-23H2,1H3,(H,42,47)(H,43,46)/b32-18-/t35-/m1/s1. The number of ether oxygens (including phenoxy) is 4. The molecular weight excluding hydrogens is 718 g/mol. The summed E-state index contributed by atoms with van der Waals surface area (Å²) in [5, 5.41) is 5.47. The number of fused-ring (bicyclic) bond motifs is 1. The summed E-state index contributed by atoms with van der Waals surface area (Å²) in [6.45, 7) is 0.0261. The Morgan fingerprint density at radius 3 is 2.36 bits per heavy atom. The van der Waals surface area contributed by atoms with Gasteiger partial charge in [-0.25, -0.2) is 4.90 Å². The van der Waals surface area contributed by atoms with Gasteiger partial charge in [0.25, 0.3) is 11.8 Å². The zero-order valence-electron chi connectivity index (χ0n) is 28.0. The van der Waals surface area contributed by atoms with Crippen LogP contribution in [0.1, 0.15) is 22.3 Å². The summed E-state index contributed by atoms with van der Waals surface area (Å²) in [6, 6.07) is 32.4. The molecule has 4 amide bonds. The highest BCUT2D eigenvalue weighted by Crippen LogP contribution is 2.42. The minimum Gasteiger partial charge on any atom is -0.493 e. The van der Waals surface area contributed by atoms with E-state index in [-0.39, 0.29) is 30.7 Å². The third kappa shape index (κ3) is 8.14. The Bertz CT molecular complexity index is 2230. The number of rotatable bonds is 11. The minimum absolute atomic E-state index is 0.000507. The Labute approximate surface area is 313 Å². The normalized spacial score (nSPS) is 14.9. The van der Waals surface area contributed by atoms with Crippen molar-refractivity contribution in [3.05, 3.63) is 137 Å². The fourth-order valence-electron chi connectivity index (χ4n) is 5.62. The third-order valence-electron chi connectivity index (χ3n) is 8.14. The molecule has 0 aromatic heterocycles. The molecule has 1 atom stereocenters. The highest BCUT2D eigenvalue weighted by molar-refractivity contribution is 8.00. The molecule has 7 rings (SSSR count). The van der Waals surface area contributed by atoms with Crippen LogP contribution in [-0.4, -0.2) is 42.8 Å². The van der Waals surface area contributed by atoms with Crippen LogP contribution in [0.2, 0.25) is 5.02 Å². The van der Waals surface area contributed by atoms with Gasteiger partial charge in [0, 0.05) is 27.6 Å². The number of methoxy groups -OCH3 is 1. The molecule has 0 aliphatic carbocycles. The van der Waals surface area contributed by atoms with Crippen molar-refractivity contribution in [1.82, 2.24) is 5.32 Å². The van der Waals surface area contributed by atoms with Crippen LogP contribution in [0, 0.1) is 0 Å². The summed E-state index contributed by atoms with van der Waals surface area (Å²) in [7, 11) is 1.49. The Hall–Kier alpha value is -6.24. The smallest absolute Gasteiger partial charge is 0.272 e. The second kappa shape index (κ2) is 15.6. The number of carbonyl (C=O) groups is 4. The first-order valence-electron chi connectivity index (χ1n) is 16.3. The predicted molar refractivity (Wildman–Crippen MR) is 201 cm³/mol. The average molecular weight is 748 g/mol. The Kier molecular flexibility index (Phi) is 10.3. The van der Waals surface area contributed by atoms with E-state index in [4.69, 9.17) is 30.5 Å². The van der Waals surface area contributed by atoms with Crippen LogP contribution in [0.15, 0.2) is 126 Å². The van der Waals surface area contributed by atoms with Gasteiger partial charge in [-0.15, -0.1) is 11.8 Å². The molecule has 13 heteroatoms. The van der Waals surface area contributed by atoms with E-state index in [0.717, 1.165) is 0 Å². The van der Waals surface area contributed by atoms with Crippen molar-refractivity contribution >= 4 is 64.4 Å². The first kappa shape index (κ1) is 35.2. The molecule has 266 valence electrons. The zero-order valence-corrected chi connectivity index (χ0v) is 29.6. The molecule has 0 unspecified atom stereocenters. The van der Waals surface area contributed by atoms with E-state index < -0.39 is 17.1 Å². The van der Waals surface area contributed by atoms with Gasteiger partial charge in [0.1, 0.15) is 17.2 Å². The van der Waals surface area contributed by atoms with Crippen LogP contribution in [0.3, 0.4) is 0 Å². The summed E-state index contributed by atoms with van der Waals surface area (Å²) >= 11 is 7.17. The maximum Gasteiger partial charge on any atom is 0.272 e. The van der Waals surface area contributed by atoms with Crippen molar-refractivity contribution in [3.8, 4) is 28.7 Å². The van der Waals surface area contributed by atoms with Crippen LogP contribution in [0.25, 0.3) is 6.08 Å². The molecule has 2 N–H and O–H groups in total. The van der Waals surface area contributed by atoms with Crippen molar-refractivity contribution in [2.24, 2.45) is 0 Å². The molecule has 2 aliphatic rings. The summed E-state index contributed by atoms with van der Waals surface area (Å²) in [5.41, 5.74) is 1.68. The van der Waals surface area contributed by atoms with Crippen LogP contribution < -0.4 is 34.5 Å². The molecule has 0 radical (unpaired) electrons. The molecular formula is C40H30ClN3O8S. The number of hydrogen-bond acceptors (Lipinski definition) is 9. The Morgan fingerprint density at radius 2 is 1.62 bits per heavy atom. The van der Waals surface area contributed by atoms with Gasteiger partial charge >= 0.3 is 0 Å². The summed E-state index contributed by atoms with van der Waals surface area (Å²) in [5.74, 6) is 0.657. The average Bonchev–Trinajstić information content (AvgIpc) is 3.75. The number of carbonyl (C=O) groups excluding carboxylic acids is 4. The highest BCUT2D eigenvalue weighted by Gasteiger charge is 2.40. The van der Waals surface area contributed by atoms with E-state index in [9.17, 15) is 19.2 Å². The molecule has 53 heavy (non-hydrogen) atoms. The zero-order chi connectivity index (χ0) is 36.9. The van der Waals surface area contributed by atoms with Gasteiger partial charge in [0.2, 0.25) is 24.4 Å². The lowest BCUT2D eigenvalue weighted by atomic mass is 10.1. The molecule has 0 spiro atoms. The van der Waals surface area contributed by atoms with Gasteiger partial charge in [-0.1, -0.05) is 35.9 Å². The van der Waals surface area contributed by atoms with E-state index in [2.05, 4.69) is 10.6 Å². The quantitative estimate of drug-likeness (QED) is 0.103. The summed E-state index contributed by atoms with van der Waals surface area (Å²) in [4.78, 5) is 55.3. The molecule has 1 fully saturated rings. The summed E-state index contributed by atoms with van der Waals surface area (Å²) in [6.07, 6.45) is 1.51. The van der Waals surface area contributed by atoms with Gasteiger partial charge < -0.3 is 29.6 Å². The third-order valence-corrected chi connectivity index (χ3v) is 9.57. The second-order valence-corrected chi connectivity index (χ2v) is 13.5. The molecule has 1 saturated heterocycles. The van der Waals surface area contributed by atoms with Crippen molar-refractivity contribution in [1.29, 1.82) is 0 Å². The monoisotopic (exact) mass is 747 g/mol. The van der Waals surface area contributed by atoms with Gasteiger partial charge in [-0.2, -0.15) is 0 Å². The molecule has 11 nitrogen and oxygen atoms in total. The first-order chi connectivity index (χ1) is 25.7. The number of nitrogens with one attached hydrogen (secondary N) is 2. The predicted octanol–water partition coefficient (Wildman–Crippen LogP) is 7.70. The van der Waals surface area contributed by atoms with Gasteiger partial charge in [0.15, 0.2) is 11.5 Å². The lowest BCUT2D eigenvalue weighted by Crippen LogP contribution is -2.31. The van der Waals surface area contributed by atoms with E-state index in [1.807, 2.05) is 0 Å². The van der Waals surface area contributed by atoms with E-state index in [1.54, 1.807) is 115 Å². The second-order valence-electron chi connectivity index (χ2n) is 11.7. The molecule has 2 heterocycles. The summed E-state index contributed by atoms with van der Waals surface area (Å²) < 4.78 is 22.3. The molecule has 0 saturated carbocycles. The van der Waals surface area contributed by atoms with Crippen LogP contribution >= 0.6 is 23.4 Å². The van der Waals surface area contributed by atoms with E-state index in [0.29, 0.717) is 61.2 Å². The van der Waals surface area contributed by atoms with E-state index in [1.165, 1.54) is 29.8 Å². The van der Waals surface area contributed by atoms with Crippen molar-refractivity contribution in [2.75, 3.05) is 24.1 Å². The van der Waals surface area contributed by atoms with Gasteiger partial charge in [-0.3, -0.25) is 19.2 Å². The fourth-order valence-corrected chi connectivity index (χ4v) is 6.86. The number of anilines is 2. The topological polar surface area (TPSA) is 132 Å². The SMILES string of the molecule is COc1cc(/C=C(\NC(=O)c2ccccc2)C(=O)Nc2cccc(S[C@@H]3CC(=O)N(c4ccc(Oc5ccc(Cl)cc5)cc4)C3=O)c2)cc2c1OCO2.